The molecule has 0 aliphatic carbocycles. The lowest BCUT2D eigenvalue weighted by atomic mass is 10.0. The molecule has 1 aliphatic heterocycles. The summed E-state index contributed by atoms with van der Waals surface area (Å²) in [5.74, 6) is 1.36. The molecule has 0 saturated heterocycles. The Kier molecular flexibility index (Phi) is 5.33. The van der Waals surface area contributed by atoms with Crippen LogP contribution in [-0.4, -0.2) is 30.7 Å². The number of hydrogen-bond donors (Lipinski definition) is 0. The van der Waals surface area contributed by atoms with Crippen LogP contribution in [0.1, 0.15) is 16.7 Å². The van der Waals surface area contributed by atoms with Crippen LogP contribution in [0.5, 0.6) is 11.5 Å². The predicted octanol–water partition coefficient (Wildman–Crippen LogP) is 4.26. The zero-order chi connectivity index (χ0) is 20.4. The molecule has 0 atom stereocenters. The third-order valence-electron chi connectivity index (χ3n) is 4.84. The number of hydrogen-bond acceptors (Lipinski definition) is 6. The quantitative estimate of drug-likeness (QED) is 0.460. The molecule has 7 heteroatoms. The Labute approximate surface area is 168 Å². The van der Waals surface area contributed by atoms with Crippen molar-refractivity contribution in [3.8, 4) is 11.5 Å². The van der Waals surface area contributed by atoms with E-state index >= 15 is 0 Å². The Morgan fingerprint density at radius 1 is 1.17 bits per heavy atom. The molecule has 0 spiro atoms. The maximum atomic E-state index is 11.3. The molecule has 7 nitrogen and oxygen atoms in total. The van der Waals surface area contributed by atoms with Crippen LogP contribution < -0.4 is 9.47 Å². The van der Waals surface area contributed by atoms with Crippen LogP contribution in [0, 0.1) is 10.1 Å². The highest BCUT2D eigenvalue weighted by Crippen LogP contribution is 2.35. The first-order chi connectivity index (χ1) is 14.0. The minimum Gasteiger partial charge on any atom is -0.488 e. The summed E-state index contributed by atoms with van der Waals surface area (Å²) in [6.07, 6.45) is 0. The van der Waals surface area contributed by atoms with E-state index in [4.69, 9.17) is 14.2 Å². The number of ether oxygens (including phenoxy) is 3. The van der Waals surface area contributed by atoms with Crippen molar-refractivity contribution >= 4 is 16.5 Å². The van der Waals surface area contributed by atoms with Crippen molar-refractivity contribution in [2.45, 2.75) is 19.8 Å². The molecule has 3 aromatic carbocycles. The molecule has 0 bridgehead atoms. The number of benzene rings is 3. The second kappa shape index (κ2) is 8.06. The number of rotatable bonds is 6. The highest BCUT2D eigenvalue weighted by molar-refractivity contribution is 5.87. The third-order valence-corrected chi connectivity index (χ3v) is 4.84. The molecule has 0 radical (unpaired) electrons. The Bertz CT molecular complexity index is 1060. The van der Waals surface area contributed by atoms with Crippen LogP contribution in [0.4, 0.5) is 5.69 Å². The van der Waals surface area contributed by atoms with E-state index in [1.807, 2.05) is 38.4 Å². The van der Waals surface area contributed by atoms with Crippen LogP contribution in [-0.2, 0) is 24.5 Å². The van der Waals surface area contributed by atoms with Gasteiger partial charge in [-0.25, -0.2) is 0 Å². The standard InChI is InChI=1S/C22H22N2O5/c1-23(2)11-20-19-6-4-3-5-15(19)7-8-21(20)28-13-17-10-18(24(25)26)9-16-12-27-14-29-22(16)17/h3-10H,11-14H2,1-2H3. The smallest absolute Gasteiger partial charge is 0.270 e. The molecule has 0 fully saturated rings. The lowest BCUT2D eigenvalue weighted by Gasteiger charge is -2.22. The van der Waals surface area contributed by atoms with E-state index in [9.17, 15) is 10.1 Å². The third kappa shape index (κ3) is 4.01. The number of nitro groups is 1. The highest BCUT2D eigenvalue weighted by Gasteiger charge is 2.21. The van der Waals surface area contributed by atoms with Crippen molar-refractivity contribution in [2.24, 2.45) is 0 Å². The van der Waals surface area contributed by atoms with E-state index in [2.05, 4.69) is 17.0 Å². The summed E-state index contributed by atoms with van der Waals surface area (Å²) in [4.78, 5) is 13.0. The fourth-order valence-corrected chi connectivity index (χ4v) is 3.58. The summed E-state index contributed by atoms with van der Waals surface area (Å²) in [6.45, 7) is 1.29. The molecule has 1 aliphatic rings. The normalized spacial score (nSPS) is 13.2. The molecule has 0 amide bonds. The summed E-state index contributed by atoms with van der Waals surface area (Å²) < 4.78 is 17.0. The Morgan fingerprint density at radius 2 is 2.00 bits per heavy atom. The molecule has 29 heavy (non-hydrogen) atoms. The van der Waals surface area contributed by atoms with Gasteiger partial charge in [0.15, 0.2) is 6.79 Å². The van der Waals surface area contributed by atoms with Crippen LogP contribution in [0.15, 0.2) is 48.5 Å². The SMILES string of the molecule is CN(C)Cc1c(OCc2cc([N+](=O)[O-])cc3c2OCOC3)ccc2ccccc12. The molecule has 4 rings (SSSR count). The predicted molar refractivity (Wildman–Crippen MR) is 109 cm³/mol. The van der Waals surface area contributed by atoms with E-state index in [0.717, 1.165) is 22.1 Å². The van der Waals surface area contributed by atoms with Crippen molar-refractivity contribution in [3.63, 3.8) is 0 Å². The molecular formula is C22H22N2O5. The largest absolute Gasteiger partial charge is 0.488 e. The first-order valence-corrected chi connectivity index (χ1v) is 9.32. The van der Waals surface area contributed by atoms with Crippen molar-refractivity contribution < 1.29 is 19.1 Å². The van der Waals surface area contributed by atoms with Gasteiger partial charge in [0.1, 0.15) is 18.1 Å². The lowest BCUT2D eigenvalue weighted by Crippen LogP contribution is -2.15. The minimum absolute atomic E-state index is 0.00322. The van der Waals surface area contributed by atoms with Gasteiger partial charge in [-0.3, -0.25) is 10.1 Å². The average molecular weight is 394 g/mol. The van der Waals surface area contributed by atoms with Crippen molar-refractivity contribution in [2.75, 3.05) is 20.9 Å². The minimum atomic E-state index is -0.411. The molecule has 0 N–H and O–H groups in total. The van der Waals surface area contributed by atoms with Gasteiger partial charge in [-0.15, -0.1) is 0 Å². The van der Waals surface area contributed by atoms with Gasteiger partial charge in [0.2, 0.25) is 0 Å². The van der Waals surface area contributed by atoms with E-state index in [-0.39, 0.29) is 25.7 Å². The van der Waals surface area contributed by atoms with Crippen LogP contribution in [0.2, 0.25) is 0 Å². The van der Waals surface area contributed by atoms with Crippen LogP contribution in [0.25, 0.3) is 10.8 Å². The van der Waals surface area contributed by atoms with Gasteiger partial charge < -0.3 is 19.1 Å². The molecule has 0 unspecified atom stereocenters. The first-order valence-electron chi connectivity index (χ1n) is 9.32. The zero-order valence-electron chi connectivity index (χ0n) is 16.4. The van der Waals surface area contributed by atoms with E-state index < -0.39 is 4.92 Å². The summed E-state index contributed by atoms with van der Waals surface area (Å²) in [5.41, 5.74) is 2.39. The number of fused-ring (bicyclic) bond motifs is 2. The van der Waals surface area contributed by atoms with Gasteiger partial charge in [0.05, 0.1) is 11.5 Å². The highest BCUT2D eigenvalue weighted by atomic mass is 16.7. The Balaban J connectivity index is 1.70. The lowest BCUT2D eigenvalue weighted by molar-refractivity contribution is -0.385. The number of nitrogens with zero attached hydrogens (tertiary/aromatic N) is 2. The zero-order valence-corrected chi connectivity index (χ0v) is 16.4. The van der Waals surface area contributed by atoms with Gasteiger partial charge in [0, 0.05) is 35.4 Å². The second-order valence-electron chi connectivity index (χ2n) is 7.25. The van der Waals surface area contributed by atoms with Gasteiger partial charge in [-0.1, -0.05) is 30.3 Å². The van der Waals surface area contributed by atoms with Crippen LogP contribution >= 0.6 is 0 Å². The fourth-order valence-electron chi connectivity index (χ4n) is 3.58. The maximum absolute atomic E-state index is 11.3. The molecule has 0 saturated carbocycles. The number of nitro benzene ring substituents is 1. The average Bonchev–Trinajstić information content (AvgIpc) is 2.72. The van der Waals surface area contributed by atoms with Crippen molar-refractivity contribution in [1.82, 2.24) is 4.90 Å². The fraction of sp³-hybridized carbons (Fsp3) is 0.273. The molecule has 1 heterocycles. The Hall–Kier alpha value is -3.16. The first kappa shape index (κ1) is 19.2. The summed E-state index contributed by atoms with van der Waals surface area (Å²) >= 11 is 0. The van der Waals surface area contributed by atoms with Gasteiger partial charge in [0.25, 0.3) is 5.69 Å². The maximum Gasteiger partial charge on any atom is 0.270 e. The molecule has 150 valence electrons. The summed E-state index contributed by atoms with van der Waals surface area (Å²) in [7, 11) is 4.02. The summed E-state index contributed by atoms with van der Waals surface area (Å²) in [6, 6.07) is 15.2. The van der Waals surface area contributed by atoms with Gasteiger partial charge >= 0.3 is 0 Å². The summed E-state index contributed by atoms with van der Waals surface area (Å²) in [5, 5.41) is 13.6. The van der Waals surface area contributed by atoms with Crippen LogP contribution in [0.3, 0.4) is 0 Å². The van der Waals surface area contributed by atoms with Crippen molar-refractivity contribution in [3.05, 3.63) is 75.3 Å². The number of non-ortho nitro benzene ring substituents is 1. The second-order valence-corrected chi connectivity index (χ2v) is 7.25. The monoisotopic (exact) mass is 394 g/mol. The van der Waals surface area contributed by atoms with E-state index in [1.54, 1.807) is 0 Å². The topological polar surface area (TPSA) is 74.1 Å². The van der Waals surface area contributed by atoms with E-state index in [1.165, 1.54) is 12.1 Å². The Morgan fingerprint density at radius 3 is 2.79 bits per heavy atom. The molecule has 0 aromatic heterocycles. The van der Waals surface area contributed by atoms with Gasteiger partial charge in [-0.2, -0.15) is 0 Å². The van der Waals surface area contributed by atoms with Gasteiger partial charge in [-0.05, 0) is 30.9 Å². The van der Waals surface area contributed by atoms with Crippen molar-refractivity contribution in [1.29, 1.82) is 0 Å². The molecular weight excluding hydrogens is 372 g/mol. The van der Waals surface area contributed by atoms with E-state index in [0.29, 0.717) is 23.4 Å². The molecule has 3 aromatic rings.